The fourth-order valence-electron chi connectivity index (χ4n) is 2.58. The van der Waals surface area contributed by atoms with Gasteiger partial charge in [0.15, 0.2) is 11.5 Å². The lowest BCUT2D eigenvalue weighted by Gasteiger charge is -2.13. The summed E-state index contributed by atoms with van der Waals surface area (Å²) >= 11 is 3.28. The van der Waals surface area contributed by atoms with E-state index in [9.17, 15) is 13.6 Å². The number of hydrogen-bond acceptors (Lipinski definition) is 4. The van der Waals surface area contributed by atoms with Crippen molar-refractivity contribution in [3.05, 3.63) is 52.0 Å². The summed E-state index contributed by atoms with van der Waals surface area (Å²) in [6.45, 7) is -2.85. The second kappa shape index (κ2) is 10.1. The van der Waals surface area contributed by atoms with Gasteiger partial charge in [0.2, 0.25) is 5.91 Å². The van der Waals surface area contributed by atoms with Gasteiger partial charge in [0.25, 0.3) is 0 Å². The van der Waals surface area contributed by atoms with E-state index in [4.69, 9.17) is 9.47 Å². The van der Waals surface area contributed by atoms with E-state index in [1.54, 1.807) is 32.4 Å². The number of carbonyl (C=O) groups is 1. The molecule has 8 heteroatoms. The number of aryl methyl sites for hydroxylation is 1. The molecule has 146 valence electrons. The fraction of sp³-hybridized carbons (Fsp3) is 0.316. The minimum Gasteiger partial charge on any atom is -0.493 e. The predicted octanol–water partition coefficient (Wildman–Crippen LogP) is 4.32. The van der Waals surface area contributed by atoms with Gasteiger partial charge in [0.1, 0.15) is 5.75 Å². The standard InChI is InChI=1S/C19H20BrF2NO4/c1-25-16-5-3-4-12(18(16)26-2)6-9-17(24)23-11-13-10-14(20)7-8-15(13)27-19(21)22/h3-5,7-8,10,19H,6,9,11H2,1-2H3,(H,23,24). The summed E-state index contributed by atoms with van der Waals surface area (Å²) in [7, 11) is 3.09. The Bertz CT molecular complexity index is 786. The molecule has 0 fully saturated rings. The van der Waals surface area contributed by atoms with Crippen LogP contribution in [-0.2, 0) is 17.8 Å². The average Bonchev–Trinajstić information content (AvgIpc) is 2.65. The Morgan fingerprint density at radius 2 is 1.89 bits per heavy atom. The molecule has 2 aromatic carbocycles. The van der Waals surface area contributed by atoms with E-state index >= 15 is 0 Å². The monoisotopic (exact) mass is 443 g/mol. The summed E-state index contributed by atoms with van der Waals surface area (Å²) in [5.41, 5.74) is 1.30. The van der Waals surface area contributed by atoms with Gasteiger partial charge in [0, 0.05) is 23.0 Å². The maximum Gasteiger partial charge on any atom is 0.387 e. The van der Waals surface area contributed by atoms with Crippen LogP contribution in [0.4, 0.5) is 8.78 Å². The number of carbonyl (C=O) groups excluding carboxylic acids is 1. The smallest absolute Gasteiger partial charge is 0.387 e. The molecule has 1 amide bonds. The second-order valence-corrected chi connectivity index (χ2v) is 6.48. The third-order valence-electron chi connectivity index (χ3n) is 3.82. The number of ether oxygens (including phenoxy) is 3. The zero-order valence-electron chi connectivity index (χ0n) is 14.9. The lowest BCUT2D eigenvalue weighted by molar-refractivity contribution is -0.121. The molecule has 27 heavy (non-hydrogen) atoms. The Morgan fingerprint density at radius 3 is 2.56 bits per heavy atom. The van der Waals surface area contributed by atoms with E-state index in [0.717, 1.165) is 5.56 Å². The van der Waals surface area contributed by atoms with Crippen LogP contribution in [0.5, 0.6) is 17.2 Å². The third kappa shape index (κ3) is 6.09. The molecule has 1 N–H and O–H groups in total. The van der Waals surface area contributed by atoms with Gasteiger partial charge in [-0.05, 0) is 36.2 Å². The molecule has 0 heterocycles. The van der Waals surface area contributed by atoms with E-state index in [2.05, 4.69) is 26.0 Å². The number of alkyl halides is 2. The minimum absolute atomic E-state index is 0.0305. The van der Waals surface area contributed by atoms with Crippen molar-refractivity contribution >= 4 is 21.8 Å². The third-order valence-corrected chi connectivity index (χ3v) is 4.31. The van der Waals surface area contributed by atoms with Gasteiger partial charge in [0.05, 0.1) is 14.2 Å². The second-order valence-electron chi connectivity index (χ2n) is 5.56. The van der Waals surface area contributed by atoms with E-state index in [1.165, 1.54) is 6.07 Å². The maximum absolute atomic E-state index is 12.5. The number of para-hydroxylation sites is 1. The zero-order valence-corrected chi connectivity index (χ0v) is 16.5. The number of rotatable bonds is 9. The van der Waals surface area contributed by atoms with Crippen LogP contribution >= 0.6 is 15.9 Å². The van der Waals surface area contributed by atoms with Crippen LogP contribution < -0.4 is 19.5 Å². The summed E-state index contributed by atoms with van der Waals surface area (Å²) in [5, 5.41) is 2.72. The van der Waals surface area contributed by atoms with Crippen LogP contribution in [0.2, 0.25) is 0 Å². The largest absolute Gasteiger partial charge is 0.493 e. The zero-order chi connectivity index (χ0) is 19.8. The van der Waals surface area contributed by atoms with Gasteiger partial charge >= 0.3 is 6.61 Å². The highest BCUT2D eigenvalue weighted by Crippen LogP contribution is 2.31. The summed E-state index contributed by atoms with van der Waals surface area (Å²) in [6.07, 6.45) is 0.660. The molecule has 5 nitrogen and oxygen atoms in total. The highest BCUT2D eigenvalue weighted by Gasteiger charge is 2.13. The fourth-order valence-corrected chi connectivity index (χ4v) is 2.99. The van der Waals surface area contributed by atoms with Crippen LogP contribution in [0.25, 0.3) is 0 Å². The van der Waals surface area contributed by atoms with E-state index in [0.29, 0.717) is 28.0 Å². The molecule has 0 saturated heterocycles. The number of amides is 1. The molecule has 0 aromatic heterocycles. The van der Waals surface area contributed by atoms with Gasteiger partial charge in [-0.15, -0.1) is 0 Å². The Labute approximate surface area is 164 Å². The maximum atomic E-state index is 12.5. The lowest BCUT2D eigenvalue weighted by Crippen LogP contribution is -2.23. The van der Waals surface area contributed by atoms with Crippen LogP contribution in [0.1, 0.15) is 17.5 Å². The SMILES string of the molecule is COc1cccc(CCC(=O)NCc2cc(Br)ccc2OC(F)F)c1OC. The van der Waals surface area contributed by atoms with Gasteiger partial charge in [-0.2, -0.15) is 8.78 Å². The molecule has 0 aliphatic heterocycles. The van der Waals surface area contributed by atoms with Crippen molar-refractivity contribution in [2.45, 2.75) is 26.0 Å². The van der Waals surface area contributed by atoms with E-state index < -0.39 is 6.61 Å². The molecule has 2 aromatic rings. The first-order chi connectivity index (χ1) is 12.9. The molecular weight excluding hydrogens is 424 g/mol. The summed E-state index contributed by atoms with van der Waals surface area (Å²) < 4.78 is 40.8. The lowest BCUT2D eigenvalue weighted by atomic mass is 10.1. The molecular formula is C19H20BrF2NO4. The van der Waals surface area contributed by atoms with Crippen LogP contribution in [0, 0.1) is 0 Å². The van der Waals surface area contributed by atoms with E-state index in [-0.39, 0.29) is 24.6 Å². The average molecular weight is 444 g/mol. The van der Waals surface area contributed by atoms with Crippen molar-refractivity contribution in [1.29, 1.82) is 0 Å². The van der Waals surface area contributed by atoms with Gasteiger partial charge < -0.3 is 19.5 Å². The number of methoxy groups -OCH3 is 2. The quantitative estimate of drug-likeness (QED) is 0.626. The first kappa shape index (κ1) is 21.0. The van der Waals surface area contributed by atoms with Crippen LogP contribution in [-0.4, -0.2) is 26.7 Å². The van der Waals surface area contributed by atoms with Crippen molar-refractivity contribution in [2.24, 2.45) is 0 Å². The highest BCUT2D eigenvalue weighted by atomic mass is 79.9. The first-order valence-electron chi connectivity index (χ1n) is 8.14. The molecule has 2 rings (SSSR count). The summed E-state index contributed by atoms with van der Waals surface area (Å²) in [6, 6.07) is 10.1. The summed E-state index contributed by atoms with van der Waals surface area (Å²) in [4.78, 5) is 12.2. The predicted molar refractivity (Wildman–Crippen MR) is 100 cm³/mol. The topological polar surface area (TPSA) is 56.8 Å². The van der Waals surface area contributed by atoms with Gasteiger partial charge in [-0.25, -0.2) is 0 Å². The first-order valence-corrected chi connectivity index (χ1v) is 8.93. The van der Waals surface area contributed by atoms with Crippen molar-refractivity contribution in [3.63, 3.8) is 0 Å². The molecule has 0 bridgehead atoms. The van der Waals surface area contributed by atoms with Crippen LogP contribution in [0.3, 0.4) is 0 Å². The summed E-state index contributed by atoms with van der Waals surface area (Å²) in [5.74, 6) is 0.997. The molecule has 0 atom stereocenters. The van der Waals surface area contributed by atoms with Crippen molar-refractivity contribution in [2.75, 3.05) is 14.2 Å². The number of hydrogen-bond donors (Lipinski definition) is 1. The Morgan fingerprint density at radius 1 is 1.11 bits per heavy atom. The molecule has 0 radical (unpaired) electrons. The van der Waals surface area contributed by atoms with Crippen molar-refractivity contribution in [3.8, 4) is 17.2 Å². The minimum atomic E-state index is -2.93. The van der Waals surface area contributed by atoms with Gasteiger partial charge in [-0.3, -0.25) is 4.79 Å². The molecule has 0 spiro atoms. The number of halogens is 3. The molecule has 0 unspecified atom stereocenters. The normalized spacial score (nSPS) is 10.6. The van der Waals surface area contributed by atoms with Gasteiger partial charge in [-0.1, -0.05) is 28.1 Å². The highest BCUT2D eigenvalue weighted by molar-refractivity contribution is 9.10. The Hall–Kier alpha value is -2.35. The molecule has 0 saturated carbocycles. The molecule has 0 aliphatic carbocycles. The number of nitrogens with one attached hydrogen (secondary N) is 1. The van der Waals surface area contributed by atoms with E-state index in [1.807, 2.05) is 12.1 Å². The van der Waals surface area contributed by atoms with Crippen molar-refractivity contribution in [1.82, 2.24) is 5.32 Å². The van der Waals surface area contributed by atoms with Crippen molar-refractivity contribution < 1.29 is 27.8 Å². The number of benzene rings is 2. The van der Waals surface area contributed by atoms with Crippen LogP contribution in [0.15, 0.2) is 40.9 Å². The Kier molecular flexibility index (Phi) is 7.84. The molecule has 0 aliphatic rings. The Balaban J connectivity index is 1.97.